The Labute approximate surface area is 144 Å². The summed E-state index contributed by atoms with van der Waals surface area (Å²) in [6.07, 6.45) is 3.19. The molecule has 4 rings (SSSR count). The molecule has 0 fully saturated rings. The van der Waals surface area contributed by atoms with Crippen LogP contribution in [0.1, 0.15) is 16.1 Å². The molecule has 0 radical (unpaired) electrons. The standard InChI is InChI=1S/C13H7BrN4O3S2/c14-9-7(17-13-18(9)1-2-22-13)3-21-12(20)6-4-23-11-8(6)10(19)15-5-16-11/h1-2,4-5H,3H2,(H,15,16,19). The summed E-state index contributed by atoms with van der Waals surface area (Å²) in [4.78, 5) is 36.3. The molecule has 0 unspecified atom stereocenters. The first-order valence-corrected chi connectivity index (χ1v) is 8.92. The molecule has 4 aromatic rings. The van der Waals surface area contributed by atoms with E-state index in [4.69, 9.17) is 4.74 Å². The lowest BCUT2D eigenvalue weighted by Gasteiger charge is -2.02. The van der Waals surface area contributed by atoms with E-state index < -0.39 is 5.97 Å². The molecule has 0 aliphatic heterocycles. The van der Waals surface area contributed by atoms with Crippen LogP contribution in [0.15, 0.2) is 32.7 Å². The molecule has 0 aromatic carbocycles. The zero-order chi connectivity index (χ0) is 16.0. The number of aromatic amines is 1. The molecule has 0 atom stereocenters. The first-order chi connectivity index (χ1) is 11.1. The Balaban J connectivity index is 1.61. The number of halogens is 1. The largest absolute Gasteiger partial charge is 0.455 e. The van der Waals surface area contributed by atoms with Gasteiger partial charge in [-0.1, -0.05) is 0 Å². The third kappa shape index (κ3) is 2.38. The summed E-state index contributed by atoms with van der Waals surface area (Å²) in [7, 11) is 0. The second-order valence-electron chi connectivity index (χ2n) is 4.54. The average Bonchev–Trinajstić information content (AvgIpc) is 3.22. The third-order valence-electron chi connectivity index (χ3n) is 3.21. The van der Waals surface area contributed by atoms with Crippen LogP contribution >= 0.6 is 38.6 Å². The fourth-order valence-electron chi connectivity index (χ4n) is 2.14. The minimum atomic E-state index is -0.571. The van der Waals surface area contributed by atoms with Gasteiger partial charge in [-0.2, -0.15) is 0 Å². The van der Waals surface area contributed by atoms with Crippen LogP contribution in [-0.2, 0) is 11.3 Å². The molecule has 0 amide bonds. The van der Waals surface area contributed by atoms with Gasteiger partial charge < -0.3 is 9.72 Å². The maximum atomic E-state index is 12.3. The molecule has 0 aliphatic rings. The molecule has 4 heterocycles. The van der Waals surface area contributed by atoms with Crippen LogP contribution < -0.4 is 5.56 Å². The summed E-state index contributed by atoms with van der Waals surface area (Å²) < 4.78 is 7.91. The van der Waals surface area contributed by atoms with Crippen molar-refractivity contribution < 1.29 is 9.53 Å². The Kier molecular flexibility index (Phi) is 3.51. The number of carbonyl (C=O) groups excluding carboxylic acids is 1. The monoisotopic (exact) mass is 410 g/mol. The lowest BCUT2D eigenvalue weighted by molar-refractivity contribution is 0.0470. The van der Waals surface area contributed by atoms with E-state index in [0.29, 0.717) is 10.5 Å². The molecule has 0 spiro atoms. The van der Waals surface area contributed by atoms with Crippen molar-refractivity contribution in [1.29, 1.82) is 0 Å². The van der Waals surface area contributed by atoms with Gasteiger partial charge in [-0.05, 0) is 15.9 Å². The van der Waals surface area contributed by atoms with E-state index in [-0.39, 0.29) is 23.1 Å². The summed E-state index contributed by atoms with van der Waals surface area (Å²) >= 11 is 6.15. The number of rotatable bonds is 3. The Bertz CT molecular complexity index is 1090. The van der Waals surface area contributed by atoms with E-state index in [9.17, 15) is 9.59 Å². The predicted molar refractivity (Wildman–Crippen MR) is 90.1 cm³/mol. The van der Waals surface area contributed by atoms with Crippen LogP contribution in [0.2, 0.25) is 0 Å². The van der Waals surface area contributed by atoms with Crippen molar-refractivity contribution in [3.63, 3.8) is 0 Å². The Morgan fingerprint density at radius 2 is 2.30 bits per heavy atom. The highest BCUT2D eigenvalue weighted by Gasteiger charge is 2.19. The number of carbonyl (C=O) groups is 1. The SMILES string of the molecule is O=C(OCc1nc2sccn2c1Br)c1csc2nc[nH]c(=O)c12. The Morgan fingerprint density at radius 1 is 1.43 bits per heavy atom. The number of nitrogens with one attached hydrogen (secondary N) is 1. The average molecular weight is 411 g/mol. The van der Waals surface area contributed by atoms with Gasteiger partial charge in [0.1, 0.15) is 21.7 Å². The van der Waals surface area contributed by atoms with Crippen LogP contribution in [0.4, 0.5) is 0 Å². The first kappa shape index (κ1) is 14.5. The normalized spacial score (nSPS) is 11.3. The van der Waals surface area contributed by atoms with Crippen LogP contribution in [0.5, 0.6) is 0 Å². The molecule has 0 bridgehead atoms. The molecule has 4 aromatic heterocycles. The number of esters is 1. The van der Waals surface area contributed by atoms with Crippen LogP contribution in [0, 0.1) is 0 Å². The second kappa shape index (κ2) is 5.55. The number of ether oxygens (including phenoxy) is 1. The Morgan fingerprint density at radius 3 is 3.13 bits per heavy atom. The molecule has 23 heavy (non-hydrogen) atoms. The summed E-state index contributed by atoms with van der Waals surface area (Å²) in [6, 6.07) is 0. The fraction of sp³-hybridized carbons (Fsp3) is 0.0769. The van der Waals surface area contributed by atoms with Gasteiger partial charge in [-0.15, -0.1) is 22.7 Å². The van der Waals surface area contributed by atoms with E-state index in [1.807, 2.05) is 16.0 Å². The highest BCUT2D eigenvalue weighted by atomic mass is 79.9. The van der Waals surface area contributed by atoms with Crippen molar-refractivity contribution in [2.24, 2.45) is 0 Å². The molecule has 10 heteroatoms. The topological polar surface area (TPSA) is 89.3 Å². The maximum Gasteiger partial charge on any atom is 0.340 e. The van der Waals surface area contributed by atoms with Gasteiger partial charge in [0.05, 0.1) is 17.3 Å². The highest BCUT2D eigenvalue weighted by molar-refractivity contribution is 9.10. The number of hydrogen-bond donors (Lipinski definition) is 1. The molecule has 7 nitrogen and oxygen atoms in total. The molecule has 0 aliphatic carbocycles. The van der Waals surface area contributed by atoms with E-state index in [1.165, 1.54) is 29.0 Å². The minimum absolute atomic E-state index is 0.0172. The number of aromatic nitrogens is 4. The fourth-order valence-corrected chi connectivity index (χ4v) is 4.36. The Hall–Kier alpha value is -2.04. The predicted octanol–water partition coefficient (Wildman–Crippen LogP) is 2.81. The van der Waals surface area contributed by atoms with Crippen LogP contribution in [0.3, 0.4) is 0 Å². The first-order valence-electron chi connectivity index (χ1n) is 6.37. The number of H-pyrrole nitrogens is 1. The van der Waals surface area contributed by atoms with E-state index in [1.54, 1.807) is 5.38 Å². The number of thiophene rings is 1. The molecule has 0 saturated heterocycles. The number of hydrogen-bond acceptors (Lipinski definition) is 7. The highest BCUT2D eigenvalue weighted by Crippen LogP contribution is 2.24. The minimum Gasteiger partial charge on any atom is -0.455 e. The van der Waals surface area contributed by atoms with Crippen molar-refractivity contribution in [1.82, 2.24) is 19.4 Å². The summed E-state index contributed by atoms with van der Waals surface area (Å²) in [5.41, 5.74) is 0.486. The van der Waals surface area contributed by atoms with E-state index in [0.717, 1.165) is 9.56 Å². The van der Waals surface area contributed by atoms with E-state index in [2.05, 4.69) is 30.9 Å². The van der Waals surface area contributed by atoms with Gasteiger partial charge in [0, 0.05) is 17.0 Å². The van der Waals surface area contributed by atoms with E-state index >= 15 is 0 Å². The smallest absolute Gasteiger partial charge is 0.340 e. The number of imidazole rings is 1. The quantitative estimate of drug-likeness (QED) is 0.524. The number of nitrogens with zero attached hydrogens (tertiary/aromatic N) is 3. The summed E-state index contributed by atoms with van der Waals surface area (Å²) in [6.45, 7) is 0.0172. The zero-order valence-electron chi connectivity index (χ0n) is 11.3. The van der Waals surface area contributed by atoms with Crippen molar-refractivity contribution in [3.05, 3.63) is 49.5 Å². The van der Waals surface area contributed by atoms with Crippen molar-refractivity contribution in [2.75, 3.05) is 0 Å². The van der Waals surface area contributed by atoms with Crippen molar-refractivity contribution in [3.8, 4) is 0 Å². The maximum absolute atomic E-state index is 12.3. The van der Waals surface area contributed by atoms with Gasteiger partial charge in [0.25, 0.3) is 5.56 Å². The van der Waals surface area contributed by atoms with Gasteiger partial charge in [0.2, 0.25) is 0 Å². The number of fused-ring (bicyclic) bond motifs is 2. The lowest BCUT2D eigenvalue weighted by atomic mass is 10.2. The molecule has 0 saturated carbocycles. The van der Waals surface area contributed by atoms with Gasteiger partial charge in [-0.25, -0.2) is 14.8 Å². The van der Waals surface area contributed by atoms with Crippen LogP contribution in [-0.4, -0.2) is 25.3 Å². The molecule has 1 N–H and O–H groups in total. The molecule has 116 valence electrons. The summed E-state index contributed by atoms with van der Waals surface area (Å²) in [5.74, 6) is -0.571. The lowest BCUT2D eigenvalue weighted by Crippen LogP contribution is -2.11. The van der Waals surface area contributed by atoms with Crippen molar-refractivity contribution in [2.45, 2.75) is 6.61 Å². The molecular formula is C13H7BrN4O3S2. The van der Waals surface area contributed by atoms with Gasteiger partial charge in [-0.3, -0.25) is 9.20 Å². The summed E-state index contributed by atoms with van der Waals surface area (Å²) in [5, 5.41) is 3.75. The van der Waals surface area contributed by atoms with Gasteiger partial charge in [0.15, 0.2) is 4.96 Å². The van der Waals surface area contributed by atoms with Gasteiger partial charge >= 0.3 is 5.97 Å². The number of thiazole rings is 1. The third-order valence-corrected chi connectivity index (χ3v) is 5.69. The second-order valence-corrected chi connectivity index (χ2v) is 7.02. The molecular weight excluding hydrogens is 404 g/mol. The zero-order valence-corrected chi connectivity index (χ0v) is 14.5. The van der Waals surface area contributed by atoms with Crippen molar-refractivity contribution >= 4 is 59.8 Å². The van der Waals surface area contributed by atoms with Crippen LogP contribution in [0.25, 0.3) is 15.2 Å².